The van der Waals surface area contributed by atoms with E-state index in [0.717, 1.165) is 16.7 Å². The molecule has 0 aromatic heterocycles. The van der Waals surface area contributed by atoms with Gasteiger partial charge in [0, 0.05) is 0 Å². The van der Waals surface area contributed by atoms with Crippen LogP contribution >= 0.6 is 0 Å². The molecule has 2 aromatic rings. The first-order chi connectivity index (χ1) is 8.56. The first-order valence-corrected chi connectivity index (χ1v) is 6.01. The molecule has 2 aromatic carbocycles. The fraction of sp³-hybridized carbons (Fsp3) is 0.250. The molecule has 0 heterocycles. The summed E-state index contributed by atoms with van der Waals surface area (Å²) in [5.74, 6) is 0.00168. The lowest BCUT2D eigenvalue weighted by atomic mass is 10.1. The molecule has 0 aliphatic heterocycles. The third-order valence-electron chi connectivity index (χ3n) is 2.97. The quantitative estimate of drug-likeness (QED) is 0.780. The highest BCUT2D eigenvalue weighted by molar-refractivity contribution is 5.32. The summed E-state index contributed by atoms with van der Waals surface area (Å²) in [4.78, 5) is 0. The highest BCUT2D eigenvalue weighted by atomic mass is 19.1. The second kappa shape index (κ2) is 5.21. The lowest BCUT2D eigenvalue weighted by Crippen LogP contribution is -2.00. The molecule has 0 aliphatic rings. The van der Waals surface area contributed by atoms with Crippen LogP contribution in [0.25, 0.3) is 0 Å². The number of aryl methyl sites for hydroxylation is 3. The number of halogens is 1. The first kappa shape index (κ1) is 12.6. The smallest absolute Gasteiger partial charge is 0.165 e. The van der Waals surface area contributed by atoms with Crippen LogP contribution < -0.4 is 4.74 Å². The van der Waals surface area contributed by atoms with Crippen molar-refractivity contribution in [1.82, 2.24) is 0 Å². The highest BCUT2D eigenvalue weighted by Crippen LogP contribution is 2.20. The molecule has 1 nitrogen and oxygen atoms in total. The fourth-order valence-electron chi connectivity index (χ4n) is 1.83. The Bertz CT molecular complexity index is 510. The van der Waals surface area contributed by atoms with Crippen molar-refractivity contribution < 1.29 is 9.13 Å². The van der Waals surface area contributed by atoms with Gasteiger partial charge >= 0.3 is 0 Å². The Morgan fingerprint density at radius 3 is 2.39 bits per heavy atom. The Hall–Kier alpha value is -1.83. The Balaban J connectivity index is 2.16. The maximum absolute atomic E-state index is 13.5. The van der Waals surface area contributed by atoms with Crippen LogP contribution in [-0.2, 0) is 6.61 Å². The summed E-state index contributed by atoms with van der Waals surface area (Å²) in [5, 5.41) is 0. The molecular weight excluding hydrogens is 227 g/mol. The molecule has 0 aliphatic carbocycles. The number of hydrogen-bond acceptors (Lipinski definition) is 1. The molecular formula is C16H17FO. The molecule has 0 unspecified atom stereocenters. The van der Waals surface area contributed by atoms with Gasteiger partial charge in [0.25, 0.3) is 0 Å². The zero-order valence-electron chi connectivity index (χ0n) is 11.0. The summed E-state index contributed by atoms with van der Waals surface area (Å²) in [6.45, 7) is 6.39. The van der Waals surface area contributed by atoms with E-state index in [9.17, 15) is 4.39 Å². The third kappa shape index (κ3) is 2.89. The number of benzene rings is 2. The Kier molecular flexibility index (Phi) is 3.66. The minimum Gasteiger partial charge on any atom is -0.486 e. The zero-order chi connectivity index (χ0) is 13.1. The van der Waals surface area contributed by atoms with Gasteiger partial charge in [-0.3, -0.25) is 0 Å². The summed E-state index contributed by atoms with van der Waals surface area (Å²) < 4.78 is 19.1. The van der Waals surface area contributed by atoms with Gasteiger partial charge in [-0.2, -0.15) is 0 Å². The lowest BCUT2D eigenvalue weighted by Gasteiger charge is -2.10. The number of ether oxygens (including phenoxy) is 1. The topological polar surface area (TPSA) is 9.23 Å². The van der Waals surface area contributed by atoms with Gasteiger partial charge in [0.2, 0.25) is 0 Å². The molecule has 18 heavy (non-hydrogen) atoms. The highest BCUT2D eigenvalue weighted by Gasteiger charge is 2.05. The summed E-state index contributed by atoms with van der Waals surface area (Å²) in [7, 11) is 0. The standard InChI is InChI=1S/C16H17FO/c1-11-4-6-13(3)14(8-11)10-18-16-9-12(2)5-7-15(16)17/h4-9H,10H2,1-3H3. The maximum atomic E-state index is 13.5. The van der Waals surface area contributed by atoms with Crippen molar-refractivity contribution in [3.05, 3.63) is 64.5 Å². The first-order valence-electron chi connectivity index (χ1n) is 6.01. The van der Waals surface area contributed by atoms with Crippen LogP contribution in [0.15, 0.2) is 36.4 Å². The second-order valence-electron chi connectivity index (χ2n) is 4.65. The van der Waals surface area contributed by atoms with Crippen LogP contribution in [0.1, 0.15) is 22.3 Å². The van der Waals surface area contributed by atoms with Gasteiger partial charge in [0.05, 0.1) is 0 Å². The molecule has 2 rings (SSSR count). The van der Waals surface area contributed by atoms with E-state index in [-0.39, 0.29) is 5.82 Å². The normalized spacial score (nSPS) is 10.4. The van der Waals surface area contributed by atoms with E-state index in [1.165, 1.54) is 11.6 Å². The van der Waals surface area contributed by atoms with Crippen molar-refractivity contribution in [2.75, 3.05) is 0 Å². The summed E-state index contributed by atoms with van der Waals surface area (Å²) >= 11 is 0. The van der Waals surface area contributed by atoms with Crippen molar-refractivity contribution >= 4 is 0 Å². The van der Waals surface area contributed by atoms with Crippen LogP contribution in [0, 0.1) is 26.6 Å². The third-order valence-corrected chi connectivity index (χ3v) is 2.97. The Labute approximate surface area is 107 Å². The maximum Gasteiger partial charge on any atom is 0.165 e. The fourth-order valence-corrected chi connectivity index (χ4v) is 1.83. The van der Waals surface area contributed by atoms with Crippen molar-refractivity contribution in [3.63, 3.8) is 0 Å². The SMILES string of the molecule is Cc1ccc(C)c(COc2cc(C)ccc2F)c1. The van der Waals surface area contributed by atoms with Crippen LogP contribution in [0.3, 0.4) is 0 Å². The molecule has 0 saturated heterocycles. The van der Waals surface area contributed by atoms with Gasteiger partial charge in [0.1, 0.15) is 6.61 Å². The van der Waals surface area contributed by atoms with E-state index in [2.05, 4.69) is 18.2 Å². The lowest BCUT2D eigenvalue weighted by molar-refractivity contribution is 0.289. The van der Waals surface area contributed by atoms with Crippen LogP contribution in [0.5, 0.6) is 5.75 Å². The van der Waals surface area contributed by atoms with E-state index in [0.29, 0.717) is 12.4 Å². The van der Waals surface area contributed by atoms with Gasteiger partial charge in [-0.05, 0) is 49.6 Å². The van der Waals surface area contributed by atoms with E-state index >= 15 is 0 Å². The molecule has 0 saturated carbocycles. The van der Waals surface area contributed by atoms with E-state index in [1.807, 2.05) is 20.8 Å². The summed E-state index contributed by atoms with van der Waals surface area (Å²) in [6, 6.07) is 11.1. The predicted molar refractivity (Wildman–Crippen MR) is 71.4 cm³/mol. The molecule has 0 spiro atoms. The minimum absolute atomic E-state index is 0.314. The monoisotopic (exact) mass is 244 g/mol. The van der Waals surface area contributed by atoms with E-state index in [1.54, 1.807) is 12.1 Å². The van der Waals surface area contributed by atoms with E-state index in [4.69, 9.17) is 4.74 Å². The van der Waals surface area contributed by atoms with Gasteiger partial charge < -0.3 is 4.74 Å². The number of hydrogen-bond donors (Lipinski definition) is 0. The van der Waals surface area contributed by atoms with Crippen molar-refractivity contribution in [2.45, 2.75) is 27.4 Å². The average molecular weight is 244 g/mol. The van der Waals surface area contributed by atoms with Gasteiger partial charge in [-0.15, -0.1) is 0 Å². The molecule has 0 radical (unpaired) electrons. The van der Waals surface area contributed by atoms with Crippen LogP contribution in [-0.4, -0.2) is 0 Å². The van der Waals surface area contributed by atoms with Crippen molar-refractivity contribution in [2.24, 2.45) is 0 Å². The largest absolute Gasteiger partial charge is 0.486 e. The van der Waals surface area contributed by atoms with Crippen molar-refractivity contribution in [3.8, 4) is 5.75 Å². The van der Waals surface area contributed by atoms with E-state index < -0.39 is 0 Å². The van der Waals surface area contributed by atoms with Crippen LogP contribution in [0.4, 0.5) is 4.39 Å². The molecule has 0 atom stereocenters. The molecule has 2 heteroatoms. The minimum atomic E-state index is -0.314. The molecule has 0 fully saturated rings. The zero-order valence-corrected chi connectivity index (χ0v) is 11.0. The van der Waals surface area contributed by atoms with Gasteiger partial charge in [-0.25, -0.2) is 4.39 Å². The predicted octanol–water partition coefficient (Wildman–Crippen LogP) is 4.33. The Morgan fingerprint density at radius 1 is 0.944 bits per heavy atom. The van der Waals surface area contributed by atoms with Gasteiger partial charge in [0.15, 0.2) is 11.6 Å². The molecule has 0 bridgehead atoms. The summed E-state index contributed by atoms with van der Waals surface area (Å²) in [6.07, 6.45) is 0. The summed E-state index contributed by atoms with van der Waals surface area (Å²) in [5.41, 5.74) is 4.43. The number of rotatable bonds is 3. The molecule has 0 N–H and O–H groups in total. The molecule has 0 amide bonds. The second-order valence-corrected chi connectivity index (χ2v) is 4.65. The molecule has 94 valence electrons. The average Bonchev–Trinajstić information content (AvgIpc) is 2.34. The van der Waals surface area contributed by atoms with Crippen molar-refractivity contribution in [1.29, 1.82) is 0 Å². The van der Waals surface area contributed by atoms with Gasteiger partial charge in [-0.1, -0.05) is 29.8 Å². The van der Waals surface area contributed by atoms with Crippen LogP contribution in [0.2, 0.25) is 0 Å². The Morgan fingerprint density at radius 2 is 1.61 bits per heavy atom.